The Kier molecular flexibility index (Phi) is 8.91. The van der Waals surface area contributed by atoms with Gasteiger partial charge in [-0.2, -0.15) is 0 Å². The summed E-state index contributed by atoms with van der Waals surface area (Å²) < 4.78 is 4.98. The summed E-state index contributed by atoms with van der Waals surface area (Å²) >= 11 is 0. The van der Waals surface area contributed by atoms with Crippen molar-refractivity contribution in [3.63, 3.8) is 0 Å². The van der Waals surface area contributed by atoms with Crippen molar-refractivity contribution in [2.45, 2.75) is 39.5 Å². The maximum atomic E-state index is 7.61. The van der Waals surface area contributed by atoms with E-state index in [0.29, 0.717) is 5.92 Å². The Morgan fingerprint density at radius 2 is 2.19 bits per heavy atom. The highest BCUT2D eigenvalue weighted by atomic mass is 16.5. The fourth-order valence-corrected chi connectivity index (χ4v) is 1.65. The first-order chi connectivity index (χ1) is 7.61. The molecule has 0 saturated heterocycles. The van der Waals surface area contributed by atoms with E-state index < -0.39 is 0 Å². The summed E-state index contributed by atoms with van der Waals surface area (Å²) in [6, 6.07) is 0. The Morgan fingerprint density at radius 3 is 2.69 bits per heavy atom. The summed E-state index contributed by atoms with van der Waals surface area (Å²) in [4.78, 5) is 0. The first-order valence-electron chi connectivity index (χ1n) is 6.07. The Bertz CT molecular complexity index is 214. The van der Waals surface area contributed by atoms with E-state index in [4.69, 9.17) is 10.1 Å². The fourth-order valence-electron chi connectivity index (χ4n) is 1.65. The van der Waals surface area contributed by atoms with E-state index >= 15 is 0 Å². The Morgan fingerprint density at radius 1 is 1.50 bits per heavy atom. The van der Waals surface area contributed by atoms with Crippen LogP contribution in [-0.4, -0.2) is 26.0 Å². The molecular weight excluding hydrogens is 200 g/mol. The molecule has 0 aliphatic carbocycles. The van der Waals surface area contributed by atoms with Gasteiger partial charge in [-0.25, -0.2) is 0 Å². The van der Waals surface area contributed by atoms with Crippen molar-refractivity contribution >= 4 is 5.71 Å². The predicted molar refractivity (Wildman–Crippen MR) is 70.1 cm³/mol. The summed E-state index contributed by atoms with van der Waals surface area (Å²) in [5.41, 5.74) is 1.85. The van der Waals surface area contributed by atoms with E-state index in [1.807, 2.05) is 6.92 Å². The van der Waals surface area contributed by atoms with E-state index in [1.54, 1.807) is 7.11 Å². The molecule has 0 heterocycles. The van der Waals surface area contributed by atoms with Gasteiger partial charge in [0.1, 0.15) is 0 Å². The van der Waals surface area contributed by atoms with Gasteiger partial charge in [0.05, 0.1) is 6.61 Å². The van der Waals surface area contributed by atoms with E-state index in [1.165, 1.54) is 0 Å². The molecule has 0 bridgehead atoms. The summed E-state index contributed by atoms with van der Waals surface area (Å²) in [6.45, 7) is 9.66. The number of hydrogen-bond acceptors (Lipinski definition) is 3. The second kappa shape index (κ2) is 9.40. The van der Waals surface area contributed by atoms with Crippen molar-refractivity contribution in [2.75, 3.05) is 20.3 Å². The lowest BCUT2D eigenvalue weighted by atomic mass is 9.96. The molecule has 0 radical (unpaired) electrons. The van der Waals surface area contributed by atoms with Crippen molar-refractivity contribution in [1.82, 2.24) is 5.32 Å². The number of nitrogens with one attached hydrogen (secondary N) is 2. The highest BCUT2D eigenvalue weighted by molar-refractivity contribution is 5.81. The third-order valence-corrected chi connectivity index (χ3v) is 2.82. The Labute approximate surface area is 99.8 Å². The summed E-state index contributed by atoms with van der Waals surface area (Å²) in [7, 11) is 1.70. The maximum absolute atomic E-state index is 7.61. The van der Waals surface area contributed by atoms with E-state index in [0.717, 1.165) is 50.2 Å². The molecular formula is C13H26N2O. The standard InChI is InChI=1S/C13H26N2O/c1-5-13(12(3)14)7-6-9-15-11(2)8-10-16-4/h13-15H,2,5-10H2,1,3-4H3/t13-/m0/s1. The van der Waals surface area contributed by atoms with E-state index in [9.17, 15) is 0 Å². The molecule has 0 spiro atoms. The van der Waals surface area contributed by atoms with E-state index in [2.05, 4.69) is 18.8 Å². The molecule has 94 valence electrons. The zero-order chi connectivity index (χ0) is 12.4. The monoisotopic (exact) mass is 226 g/mol. The second-order valence-corrected chi connectivity index (χ2v) is 4.20. The van der Waals surface area contributed by atoms with Gasteiger partial charge in [-0.1, -0.05) is 13.5 Å². The van der Waals surface area contributed by atoms with Crippen LogP contribution in [-0.2, 0) is 4.74 Å². The largest absolute Gasteiger partial charge is 0.389 e. The number of hydrogen-bond donors (Lipinski definition) is 2. The van der Waals surface area contributed by atoms with Crippen LogP contribution in [0.2, 0.25) is 0 Å². The fraction of sp³-hybridized carbons (Fsp3) is 0.769. The first-order valence-corrected chi connectivity index (χ1v) is 6.07. The van der Waals surface area contributed by atoms with Gasteiger partial charge in [0.2, 0.25) is 0 Å². The van der Waals surface area contributed by atoms with Crippen LogP contribution in [0.4, 0.5) is 0 Å². The zero-order valence-electron chi connectivity index (χ0n) is 10.9. The molecule has 0 aromatic rings. The number of ether oxygens (including phenoxy) is 1. The second-order valence-electron chi connectivity index (χ2n) is 4.20. The van der Waals surface area contributed by atoms with Crippen LogP contribution in [0, 0.1) is 11.3 Å². The lowest BCUT2D eigenvalue weighted by Gasteiger charge is -2.14. The lowest BCUT2D eigenvalue weighted by molar-refractivity contribution is 0.200. The molecule has 0 aromatic heterocycles. The molecule has 0 aliphatic rings. The summed E-state index contributed by atoms with van der Waals surface area (Å²) in [5.74, 6) is 0.453. The third-order valence-electron chi connectivity index (χ3n) is 2.82. The Balaban J connectivity index is 3.51. The van der Waals surface area contributed by atoms with Gasteiger partial charge in [-0.3, -0.25) is 0 Å². The summed E-state index contributed by atoms with van der Waals surface area (Å²) in [6.07, 6.45) is 4.13. The predicted octanol–water partition coefficient (Wildman–Crippen LogP) is 2.97. The molecule has 0 fully saturated rings. The maximum Gasteiger partial charge on any atom is 0.0516 e. The SMILES string of the molecule is C=C(CCOC)NCCC[C@H](CC)C(C)=N. The molecule has 0 amide bonds. The van der Waals surface area contributed by atoms with Crippen LogP contribution in [0.25, 0.3) is 0 Å². The van der Waals surface area contributed by atoms with Crippen LogP contribution in [0.1, 0.15) is 39.5 Å². The normalized spacial score (nSPS) is 12.2. The van der Waals surface area contributed by atoms with Crippen molar-refractivity contribution in [1.29, 1.82) is 5.41 Å². The van der Waals surface area contributed by atoms with Crippen molar-refractivity contribution in [3.8, 4) is 0 Å². The van der Waals surface area contributed by atoms with Crippen LogP contribution < -0.4 is 5.32 Å². The van der Waals surface area contributed by atoms with E-state index in [-0.39, 0.29) is 0 Å². The minimum absolute atomic E-state index is 0.453. The molecule has 0 saturated carbocycles. The topological polar surface area (TPSA) is 45.1 Å². The third kappa shape index (κ3) is 7.46. The van der Waals surface area contributed by atoms with Gasteiger partial charge < -0.3 is 15.5 Å². The van der Waals surface area contributed by atoms with Gasteiger partial charge >= 0.3 is 0 Å². The average Bonchev–Trinajstić information content (AvgIpc) is 2.25. The van der Waals surface area contributed by atoms with Gasteiger partial charge in [0, 0.05) is 31.5 Å². The van der Waals surface area contributed by atoms with Crippen LogP contribution >= 0.6 is 0 Å². The minimum Gasteiger partial charge on any atom is -0.389 e. The van der Waals surface area contributed by atoms with Crippen LogP contribution in [0.3, 0.4) is 0 Å². The van der Waals surface area contributed by atoms with Crippen LogP contribution in [0.15, 0.2) is 12.3 Å². The highest BCUT2D eigenvalue weighted by Gasteiger charge is 2.07. The molecule has 1 atom stereocenters. The zero-order valence-corrected chi connectivity index (χ0v) is 10.9. The first kappa shape index (κ1) is 15.2. The minimum atomic E-state index is 0.453. The molecule has 16 heavy (non-hydrogen) atoms. The molecule has 2 N–H and O–H groups in total. The number of methoxy groups -OCH3 is 1. The molecule has 0 aromatic carbocycles. The summed E-state index contributed by atoms with van der Waals surface area (Å²) in [5, 5.41) is 10.9. The van der Waals surface area contributed by atoms with Gasteiger partial charge in [-0.15, -0.1) is 0 Å². The molecule has 0 rings (SSSR count). The highest BCUT2D eigenvalue weighted by Crippen LogP contribution is 2.11. The van der Waals surface area contributed by atoms with Crippen LogP contribution in [0.5, 0.6) is 0 Å². The van der Waals surface area contributed by atoms with Gasteiger partial charge in [-0.05, 0) is 32.1 Å². The van der Waals surface area contributed by atoms with Crippen molar-refractivity contribution < 1.29 is 4.74 Å². The van der Waals surface area contributed by atoms with Gasteiger partial charge in [0.15, 0.2) is 0 Å². The lowest BCUT2D eigenvalue weighted by Crippen LogP contribution is -2.17. The number of rotatable bonds is 10. The van der Waals surface area contributed by atoms with Crippen molar-refractivity contribution in [3.05, 3.63) is 12.3 Å². The molecule has 3 heteroatoms. The molecule has 0 unspecified atom stereocenters. The molecule has 3 nitrogen and oxygen atoms in total. The Hall–Kier alpha value is -0.830. The van der Waals surface area contributed by atoms with Gasteiger partial charge in [0.25, 0.3) is 0 Å². The quantitative estimate of drug-likeness (QED) is 0.444. The smallest absolute Gasteiger partial charge is 0.0516 e. The molecule has 0 aliphatic heterocycles. The average molecular weight is 226 g/mol. The van der Waals surface area contributed by atoms with Crippen molar-refractivity contribution in [2.24, 2.45) is 5.92 Å².